The summed E-state index contributed by atoms with van der Waals surface area (Å²) in [6.45, 7) is 6.58. The Morgan fingerprint density at radius 3 is 2.79 bits per heavy atom. The van der Waals surface area contributed by atoms with Gasteiger partial charge in [-0.05, 0) is 54.8 Å². The van der Waals surface area contributed by atoms with Gasteiger partial charge in [0.1, 0.15) is 5.60 Å². The highest BCUT2D eigenvalue weighted by Crippen LogP contribution is 2.27. The van der Waals surface area contributed by atoms with Crippen molar-refractivity contribution < 1.29 is 14.3 Å². The highest BCUT2D eigenvalue weighted by atomic mass is 79.9. The molecule has 5 nitrogen and oxygen atoms in total. The van der Waals surface area contributed by atoms with Crippen LogP contribution in [0, 0.1) is 0 Å². The van der Waals surface area contributed by atoms with Gasteiger partial charge in [0.2, 0.25) is 5.91 Å². The number of carbonyl (C=O) groups is 2. The number of nitrogens with zero attached hydrogens (tertiary/aromatic N) is 1. The fourth-order valence-electron chi connectivity index (χ4n) is 2.54. The van der Waals surface area contributed by atoms with Gasteiger partial charge >= 0.3 is 6.09 Å². The van der Waals surface area contributed by atoms with Crippen molar-refractivity contribution in [2.45, 2.75) is 45.3 Å². The molecule has 2 rings (SSSR count). The maximum absolute atomic E-state index is 12.5. The van der Waals surface area contributed by atoms with Crippen LogP contribution in [-0.2, 0) is 16.0 Å². The first-order valence-electron chi connectivity index (χ1n) is 7.86. The standard InChI is InChI=1S/C17H22BrClN2O3/c1-17(2,3)24-16(23)20-12-7-8-21(10-12)14(22)9-11-5-4-6-13(19)15(11)18/h4-6,12H,7-10H2,1-3H3,(H,20,23)/t12-/m0/s1. The van der Waals surface area contributed by atoms with Crippen LogP contribution in [0.2, 0.25) is 5.02 Å². The van der Waals surface area contributed by atoms with Crippen LogP contribution in [0.3, 0.4) is 0 Å². The van der Waals surface area contributed by atoms with Crippen molar-refractivity contribution in [2.24, 2.45) is 0 Å². The molecule has 24 heavy (non-hydrogen) atoms. The fraction of sp³-hybridized carbons (Fsp3) is 0.529. The predicted octanol–water partition coefficient (Wildman–Crippen LogP) is 3.77. The van der Waals surface area contributed by atoms with Gasteiger partial charge in [-0.3, -0.25) is 4.79 Å². The lowest BCUT2D eigenvalue weighted by Crippen LogP contribution is -2.41. The van der Waals surface area contributed by atoms with Crippen molar-refractivity contribution in [1.29, 1.82) is 0 Å². The van der Waals surface area contributed by atoms with Gasteiger partial charge in [-0.25, -0.2) is 4.79 Å². The SMILES string of the molecule is CC(C)(C)OC(=O)N[C@H]1CCN(C(=O)Cc2cccc(Cl)c2Br)C1. The molecule has 0 aliphatic carbocycles. The highest BCUT2D eigenvalue weighted by Gasteiger charge is 2.29. The number of halogens is 2. The van der Waals surface area contributed by atoms with Crippen LogP contribution in [-0.4, -0.2) is 41.6 Å². The number of amides is 2. The Balaban J connectivity index is 1.87. The minimum Gasteiger partial charge on any atom is -0.444 e. The zero-order valence-electron chi connectivity index (χ0n) is 14.1. The van der Waals surface area contributed by atoms with Gasteiger partial charge in [0.05, 0.1) is 17.5 Å². The van der Waals surface area contributed by atoms with E-state index in [1.165, 1.54) is 0 Å². The van der Waals surface area contributed by atoms with Crippen LogP contribution >= 0.6 is 27.5 Å². The summed E-state index contributed by atoms with van der Waals surface area (Å²) in [6.07, 6.45) is 0.557. The number of ether oxygens (including phenoxy) is 1. The average molecular weight is 418 g/mol. The lowest BCUT2D eigenvalue weighted by Gasteiger charge is -2.22. The van der Waals surface area contributed by atoms with Crippen LogP contribution in [0.15, 0.2) is 22.7 Å². The highest BCUT2D eigenvalue weighted by molar-refractivity contribution is 9.10. The normalized spacial score (nSPS) is 17.7. The minimum atomic E-state index is -0.531. The number of carbonyl (C=O) groups excluding carboxylic acids is 2. The molecule has 1 atom stereocenters. The molecule has 0 bridgehead atoms. The van der Waals surface area contributed by atoms with Gasteiger partial charge in [-0.1, -0.05) is 23.7 Å². The molecule has 1 aromatic rings. The van der Waals surface area contributed by atoms with Crippen molar-refractivity contribution in [3.63, 3.8) is 0 Å². The van der Waals surface area contributed by atoms with Crippen LogP contribution in [0.25, 0.3) is 0 Å². The molecule has 1 fully saturated rings. The Morgan fingerprint density at radius 2 is 2.12 bits per heavy atom. The molecular formula is C17H22BrClN2O3. The molecule has 132 valence electrons. The van der Waals surface area contributed by atoms with Crippen molar-refractivity contribution in [3.8, 4) is 0 Å². The van der Waals surface area contributed by atoms with Crippen molar-refractivity contribution in [1.82, 2.24) is 10.2 Å². The molecule has 0 saturated carbocycles. The maximum Gasteiger partial charge on any atom is 0.407 e. The summed E-state index contributed by atoms with van der Waals surface area (Å²) in [7, 11) is 0. The Bertz CT molecular complexity index is 631. The molecule has 1 aromatic carbocycles. The molecule has 2 amide bonds. The largest absolute Gasteiger partial charge is 0.444 e. The number of rotatable bonds is 3. The summed E-state index contributed by atoms with van der Waals surface area (Å²) < 4.78 is 6.00. The van der Waals surface area contributed by atoms with E-state index < -0.39 is 11.7 Å². The summed E-state index contributed by atoms with van der Waals surface area (Å²) in [5.74, 6) is 0.0199. The van der Waals surface area contributed by atoms with E-state index in [2.05, 4.69) is 21.2 Å². The molecule has 0 spiro atoms. The second kappa shape index (κ2) is 7.74. The molecule has 0 radical (unpaired) electrons. The third-order valence-electron chi connectivity index (χ3n) is 3.64. The predicted molar refractivity (Wildman–Crippen MR) is 97.2 cm³/mol. The van der Waals surface area contributed by atoms with Crippen molar-refractivity contribution in [3.05, 3.63) is 33.3 Å². The maximum atomic E-state index is 12.5. The van der Waals surface area contributed by atoms with Crippen LogP contribution < -0.4 is 5.32 Å². The van der Waals surface area contributed by atoms with Gasteiger partial charge in [0.25, 0.3) is 0 Å². The zero-order valence-corrected chi connectivity index (χ0v) is 16.4. The number of hydrogen-bond acceptors (Lipinski definition) is 3. The minimum absolute atomic E-state index is 0.0199. The first-order valence-corrected chi connectivity index (χ1v) is 9.03. The monoisotopic (exact) mass is 416 g/mol. The fourth-order valence-corrected chi connectivity index (χ4v) is 3.14. The lowest BCUT2D eigenvalue weighted by atomic mass is 10.1. The van der Waals surface area contributed by atoms with E-state index in [1.807, 2.05) is 32.9 Å². The summed E-state index contributed by atoms with van der Waals surface area (Å²) in [6, 6.07) is 5.40. The number of hydrogen-bond donors (Lipinski definition) is 1. The van der Waals surface area contributed by atoms with Crippen molar-refractivity contribution >= 4 is 39.5 Å². The van der Waals surface area contributed by atoms with Crippen LogP contribution in [0.5, 0.6) is 0 Å². The lowest BCUT2D eigenvalue weighted by molar-refractivity contribution is -0.129. The topological polar surface area (TPSA) is 58.6 Å². The Morgan fingerprint density at radius 1 is 1.42 bits per heavy atom. The van der Waals surface area contributed by atoms with E-state index in [0.29, 0.717) is 18.1 Å². The summed E-state index contributed by atoms with van der Waals surface area (Å²) in [5.41, 5.74) is 0.327. The number of likely N-dealkylation sites (tertiary alicyclic amines) is 1. The Kier molecular flexibility index (Phi) is 6.15. The summed E-state index contributed by atoms with van der Waals surface area (Å²) in [4.78, 5) is 26.0. The number of alkyl carbamates (subject to hydrolysis) is 1. The molecule has 1 N–H and O–H groups in total. The molecule has 0 aromatic heterocycles. The second-order valence-electron chi connectivity index (χ2n) is 6.86. The van der Waals surface area contributed by atoms with Gasteiger partial charge in [-0.2, -0.15) is 0 Å². The van der Waals surface area contributed by atoms with Crippen LogP contribution in [0.1, 0.15) is 32.8 Å². The number of benzene rings is 1. The van der Waals surface area contributed by atoms with Gasteiger partial charge < -0.3 is 15.0 Å². The quantitative estimate of drug-likeness (QED) is 0.814. The first kappa shape index (κ1) is 19.1. The molecule has 1 aliphatic rings. The summed E-state index contributed by atoms with van der Waals surface area (Å²) in [5, 5.41) is 3.41. The van der Waals surface area contributed by atoms with E-state index in [1.54, 1.807) is 11.0 Å². The summed E-state index contributed by atoms with van der Waals surface area (Å²) >= 11 is 9.47. The molecule has 0 unspecified atom stereocenters. The molecule has 7 heteroatoms. The molecule has 1 aliphatic heterocycles. The Hall–Kier alpha value is -1.27. The van der Waals surface area contributed by atoms with E-state index >= 15 is 0 Å². The zero-order chi connectivity index (χ0) is 17.9. The molecule has 1 saturated heterocycles. The molecule has 1 heterocycles. The van der Waals surface area contributed by atoms with Gasteiger partial charge in [0, 0.05) is 17.6 Å². The van der Waals surface area contributed by atoms with Crippen LogP contribution in [0.4, 0.5) is 4.79 Å². The molecular weight excluding hydrogens is 396 g/mol. The average Bonchev–Trinajstić information content (AvgIpc) is 2.90. The first-order chi connectivity index (χ1) is 11.2. The second-order valence-corrected chi connectivity index (χ2v) is 8.06. The van der Waals surface area contributed by atoms with E-state index in [9.17, 15) is 9.59 Å². The van der Waals surface area contributed by atoms with E-state index in [-0.39, 0.29) is 18.4 Å². The van der Waals surface area contributed by atoms with E-state index in [4.69, 9.17) is 16.3 Å². The third-order valence-corrected chi connectivity index (χ3v) is 5.11. The van der Waals surface area contributed by atoms with Gasteiger partial charge in [-0.15, -0.1) is 0 Å². The Labute approximate surface area is 155 Å². The third kappa shape index (κ3) is 5.38. The van der Waals surface area contributed by atoms with Crippen molar-refractivity contribution in [2.75, 3.05) is 13.1 Å². The van der Waals surface area contributed by atoms with Gasteiger partial charge in [0.15, 0.2) is 0 Å². The smallest absolute Gasteiger partial charge is 0.407 e. The van der Waals surface area contributed by atoms with E-state index in [0.717, 1.165) is 16.5 Å². The number of nitrogens with one attached hydrogen (secondary N) is 1.